The normalized spacial score (nSPS) is 14.7. The summed E-state index contributed by atoms with van der Waals surface area (Å²) in [4.78, 5) is 21.9. The van der Waals surface area contributed by atoms with Crippen LogP contribution in [0.2, 0.25) is 0 Å². The van der Waals surface area contributed by atoms with E-state index in [-0.39, 0.29) is 5.91 Å². The summed E-state index contributed by atoms with van der Waals surface area (Å²) in [6, 6.07) is 9.62. The molecule has 0 aliphatic carbocycles. The van der Waals surface area contributed by atoms with Gasteiger partial charge in [0, 0.05) is 37.1 Å². The number of anilines is 1. The number of imidazole rings is 1. The van der Waals surface area contributed by atoms with Crippen LogP contribution >= 0.6 is 0 Å². The summed E-state index contributed by atoms with van der Waals surface area (Å²) >= 11 is 0. The molecular weight excluding hydrogens is 406 g/mol. The predicted octanol–water partition coefficient (Wildman–Crippen LogP) is 4.22. The van der Waals surface area contributed by atoms with E-state index in [1.54, 1.807) is 10.6 Å². The third-order valence-corrected chi connectivity index (χ3v) is 5.90. The fourth-order valence-corrected chi connectivity index (χ4v) is 3.99. The van der Waals surface area contributed by atoms with Crippen LogP contribution in [0.5, 0.6) is 0 Å². The lowest BCUT2D eigenvalue weighted by Gasteiger charge is -2.19. The zero-order valence-corrected chi connectivity index (χ0v) is 18.2. The van der Waals surface area contributed by atoms with Crippen LogP contribution in [0.4, 0.5) is 5.69 Å². The van der Waals surface area contributed by atoms with Crippen molar-refractivity contribution in [3.05, 3.63) is 65.4 Å². The lowest BCUT2D eigenvalue weighted by Crippen LogP contribution is -2.17. The number of carbonyl (C=O) groups excluding carboxylic acids is 1. The van der Waals surface area contributed by atoms with E-state index < -0.39 is 0 Å². The van der Waals surface area contributed by atoms with Gasteiger partial charge in [0.2, 0.25) is 11.7 Å². The van der Waals surface area contributed by atoms with Crippen LogP contribution in [-0.2, 0) is 11.2 Å². The van der Waals surface area contributed by atoms with Crippen molar-refractivity contribution in [1.29, 1.82) is 0 Å². The van der Waals surface area contributed by atoms with Gasteiger partial charge in [-0.15, -0.1) is 0 Å². The molecule has 0 atom stereocenters. The van der Waals surface area contributed by atoms with Gasteiger partial charge in [-0.3, -0.25) is 9.20 Å². The van der Waals surface area contributed by atoms with E-state index in [1.807, 2.05) is 50.4 Å². The number of pyridine rings is 1. The molecule has 3 aromatic heterocycles. The zero-order valence-electron chi connectivity index (χ0n) is 18.2. The second-order valence-corrected chi connectivity index (χ2v) is 8.33. The Morgan fingerprint density at radius 3 is 2.88 bits per heavy atom. The van der Waals surface area contributed by atoms with Gasteiger partial charge in [0.25, 0.3) is 5.91 Å². The summed E-state index contributed by atoms with van der Waals surface area (Å²) in [5.41, 5.74) is 4.70. The number of amides is 1. The van der Waals surface area contributed by atoms with Gasteiger partial charge in [-0.1, -0.05) is 23.4 Å². The maximum absolute atomic E-state index is 13.0. The predicted molar refractivity (Wildman–Crippen MR) is 120 cm³/mol. The van der Waals surface area contributed by atoms with Crippen LogP contribution in [0, 0.1) is 19.8 Å². The Morgan fingerprint density at radius 2 is 2.03 bits per heavy atom. The number of hydrogen-bond acceptors (Lipinski definition) is 6. The van der Waals surface area contributed by atoms with Crippen molar-refractivity contribution in [3.8, 4) is 11.4 Å². The average molecular weight is 431 g/mol. The van der Waals surface area contributed by atoms with Crippen LogP contribution < -0.4 is 5.32 Å². The molecule has 0 saturated carbocycles. The number of aryl methyl sites for hydroxylation is 2. The van der Waals surface area contributed by atoms with Crippen molar-refractivity contribution in [2.24, 2.45) is 5.92 Å². The molecule has 1 fully saturated rings. The van der Waals surface area contributed by atoms with Crippen LogP contribution in [-0.4, -0.2) is 38.6 Å². The number of ether oxygens (including phenoxy) is 1. The number of benzene rings is 1. The molecule has 1 amide bonds. The molecule has 0 bridgehead atoms. The SMILES string of the molecule is Cc1ccc2ncc(C(=O)Nc3cc(-c4noc(CC5CCOCC5)n4)ccc3C)n2c1. The first kappa shape index (κ1) is 20.4. The van der Waals surface area contributed by atoms with Gasteiger partial charge < -0.3 is 14.6 Å². The lowest BCUT2D eigenvalue weighted by atomic mass is 9.97. The van der Waals surface area contributed by atoms with Crippen molar-refractivity contribution in [2.75, 3.05) is 18.5 Å². The van der Waals surface area contributed by atoms with Gasteiger partial charge in [0.05, 0.1) is 6.20 Å². The van der Waals surface area contributed by atoms with Gasteiger partial charge in [-0.25, -0.2) is 4.98 Å². The van der Waals surface area contributed by atoms with E-state index in [9.17, 15) is 4.79 Å². The van der Waals surface area contributed by atoms with E-state index >= 15 is 0 Å². The first-order valence-corrected chi connectivity index (χ1v) is 10.8. The van der Waals surface area contributed by atoms with Crippen LogP contribution in [0.15, 0.2) is 47.2 Å². The summed E-state index contributed by atoms with van der Waals surface area (Å²) in [6.07, 6.45) is 6.28. The molecule has 1 N–H and O–H groups in total. The van der Waals surface area contributed by atoms with Crippen molar-refractivity contribution in [2.45, 2.75) is 33.1 Å². The van der Waals surface area contributed by atoms with E-state index in [0.717, 1.165) is 54.8 Å². The number of nitrogens with one attached hydrogen (secondary N) is 1. The number of aromatic nitrogens is 4. The number of hydrogen-bond donors (Lipinski definition) is 1. The highest BCUT2D eigenvalue weighted by molar-refractivity contribution is 6.04. The lowest BCUT2D eigenvalue weighted by molar-refractivity contribution is 0.0642. The molecule has 0 spiro atoms. The molecule has 8 nitrogen and oxygen atoms in total. The molecule has 4 heterocycles. The molecule has 8 heteroatoms. The van der Waals surface area contributed by atoms with Gasteiger partial charge in [-0.2, -0.15) is 4.98 Å². The molecule has 4 aromatic rings. The minimum atomic E-state index is -0.225. The molecule has 0 radical (unpaired) electrons. The molecule has 32 heavy (non-hydrogen) atoms. The molecule has 1 aliphatic rings. The summed E-state index contributed by atoms with van der Waals surface area (Å²) in [5.74, 6) is 1.45. The van der Waals surface area contributed by atoms with Gasteiger partial charge >= 0.3 is 0 Å². The van der Waals surface area contributed by atoms with E-state index in [0.29, 0.717) is 29.0 Å². The maximum atomic E-state index is 13.0. The third kappa shape index (κ3) is 4.13. The highest BCUT2D eigenvalue weighted by atomic mass is 16.5. The largest absolute Gasteiger partial charge is 0.381 e. The summed E-state index contributed by atoms with van der Waals surface area (Å²) in [5, 5.41) is 7.17. The summed E-state index contributed by atoms with van der Waals surface area (Å²) in [6.45, 7) is 5.51. The van der Waals surface area contributed by atoms with E-state index in [2.05, 4.69) is 20.4 Å². The topological polar surface area (TPSA) is 94.6 Å². The molecule has 5 rings (SSSR count). The Bertz CT molecular complexity index is 1270. The Hall–Kier alpha value is -3.52. The number of nitrogens with zero attached hydrogens (tertiary/aromatic N) is 4. The van der Waals surface area contributed by atoms with Crippen molar-refractivity contribution in [3.63, 3.8) is 0 Å². The third-order valence-electron chi connectivity index (χ3n) is 5.90. The Kier molecular flexibility index (Phi) is 5.45. The fourth-order valence-electron chi connectivity index (χ4n) is 3.99. The minimum Gasteiger partial charge on any atom is -0.381 e. The quantitative estimate of drug-likeness (QED) is 0.508. The van der Waals surface area contributed by atoms with Gasteiger partial charge in [0.15, 0.2) is 0 Å². The summed E-state index contributed by atoms with van der Waals surface area (Å²) in [7, 11) is 0. The van der Waals surface area contributed by atoms with E-state index in [1.165, 1.54) is 0 Å². The first-order chi connectivity index (χ1) is 15.6. The highest BCUT2D eigenvalue weighted by Gasteiger charge is 2.19. The molecular formula is C24H25N5O3. The second kappa shape index (κ2) is 8.55. The second-order valence-electron chi connectivity index (χ2n) is 8.33. The monoisotopic (exact) mass is 431 g/mol. The molecule has 0 unspecified atom stereocenters. The Morgan fingerprint density at radius 1 is 1.19 bits per heavy atom. The summed E-state index contributed by atoms with van der Waals surface area (Å²) < 4.78 is 12.7. The molecule has 1 aliphatic heterocycles. The van der Waals surface area contributed by atoms with Gasteiger partial charge in [0.1, 0.15) is 11.3 Å². The van der Waals surface area contributed by atoms with Crippen LogP contribution in [0.25, 0.3) is 17.0 Å². The molecule has 1 aromatic carbocycles. The first-order valence-electron chi connectivity index (χ1n) is 10.8. The van der Waals surface area contributed by atoms with Crippen molar-refractivity contribution >= 4 is 17.2 Å². The zero-order chi connectivity index (χ0) is 22.1. The number of carbonyl (C=O) groups is 1. The Balaban J connectivity index is 1.36. The van der Waals surface area contributed by atoms with Crippen LogP contribution in [0.1, 0.15) is 40.3 Å². The highest BCUT2D eigenvalue weighted by Crippen LogP contribution is 2.26. The number of fused-ring (bicyclic) bond motifs is 1. The average Bonchev–Trinajstić information content (AvgIpc) is 3.43. The molecule has 1 saturated heterocycles. The van der Waals surface area contributed by atoms with Crippen molar-refractivity contribution in [1.82, 2.24) is 19.5 Å². The smallest absolute Gasteiger partial charge is 0.274 e. The van der Waals surface area contributed by atoms with Crippen LogP contribution in [0.3, 0.4) is 0 Å². The minimum absolute atomic E-state index is 0.225. The fraction of sp³-hybridized carbons (Fsp3) is 0.333. The maximum Gasteiger partial charge on any atom is 0.274 e. The van der Waals surface area contributed by atoms with Gasteiger partial charge in [-0.05, 0) is 55.9 Å². The van der Waals surface area contributed by atoms with Crippen molar-refractivity contribution < 1.29 is 14.1 Å². The number of rotatable bonds is 5. The van der Waals surface area contributed by atoms with E-state index in [4.69, 9.17) is 9.26 Å². The standard InChI is InChI=1S/C24H25N5O3/c1-15-3-6-21-25-13-20(29(21)14-15)24(30)26-19-12-18(5-4-16(19)2)23-27-22(32-28-23)11-17-7-9-31-10-8-17/h3-6,12-14,17H,7-11H2,1-2H3,(H,26,30). The Labute approximate surface area is 185 Å². The molecule has 164 valence electrons.